The number of hydrogen-bond donors (Lipinski definition) is 2. The number of carbonyl (C=O) groups excluding carboxylic acids is 2. The van der Waals surface area contributed by atoms with Crippen molar-refractivity contribution in [2.45, 2.75) is 4.34 Å². The number of carbonyl (C=O) groups is 2. The molecule has 0 unspecified atom stereocenters. The third kappa shape index (κ3) is 4.99. The van der Waals surface area contributed by atoms with Gasteiger partial charge in [-0.25, -0.2) is 4.98 Å². The van der Waals surface area contributed by atoms with Crippen molar-refractivity contribution in [2.24, 2.45) is 0 Å². The van der Waals surface area contributed by atoms with Crippen molar-refractivity contribution < 1.29 is 14.3 Å². The lowest BCUT2D eigenvalue weighted by molar-refractivity contribution is -0.113. The van der Waals surface area contributed by atoms with Gasteiger partial charge in [0.05, 0.1) is 28.0 Å². The van der Waals surface area contributed by atoms with Gasteiger partial charge in [-0.2, -0.15) is 0 Å². The van der Waals surface area contributed by atoms with Crippen LogP contribution in [0.3, 0.4) is 0 Å². The predicted molar refractivity (Wildman–Crippen MR) is 124 cm³/mol. The Balaban J connectivity index is 1.36. The molecule has 30 heavy (non-hydrogen) atoms. The van der Waals surface area contributed by atoms with E-state index < -0.39 is 0 Å². The minimum atomic E-state index is -0.126. The molecule has 0 aliphatic heterocycles. The second-order valence-corrected chi connectivity index (χ2v) is 9.36. The lowest BCUT2D eigenvalue weighted by atomic mass is 10.3. The maximum Gasteiger partial charge on any atom is 0.265 e. The molecule has 0 aliphatic rings. The fourth-order valence-corrected chi connectivity index (χ4v) is 5.17. The molecular formula is C21H17N3O3S3. The molecule has 4 aromatic rings. The van der Waals surface area contributed by atoms with Crippen LogP contribution in [-0.4, -0.2) is 29.7 Å². The monoisotopic (exact) mass is 455 g/mol. The van der Waals surface area contributed by atoms with Crippen LogP contribution in [0.4, 0.5) is 11.4 Å². The van der Waals surface area contributed by atoms with Crippen LogP contribution in [0.1, 0.15) is 9.67 Å². The Hall–Kier alpha value is -2.88. The van der Waals surface area contributed by atoms with Crippen molar-refractivity contribution in [3.63, 3.8) is 0 Å². The van der Waals surface area contributed by atoms with Gasteiger partial charge in [-0.3, -0.25) is 9.59 Å². The fraction of sp³-hybridized carbons (Fsp3) is 0.0952. The number of nitrogens with zero attached hydrogens (tertiary/aromatic N) is 1. The van der Waals surface area contributed by atoms with Crippen LogP contribution in [0.15, 0.2) is 64.3 Å². The van der Waals surface area contributed by atoms with Crippen molar-refractivity contribution >= 4 is 67.8 Å². The van der Waals surface area contributed by atoms with Gasteiger partial charge in [0.1, 0.15) is 5.75 Å². The first-order valence-corrected chi connectivity index (χ1v) is 11.6. The van der Waals surface area contributed by atoms with E-state index in [0.29, 0.717) is 4.88 Å². The van der Waals surface area contributed by atoms with Crippen LogP contribution in [-0.2, 0) is 4.79 Å². The molecule has 0 aliphatic carbocycles. The molecule has 2 heterocycles. The highest BCUT2D eigenvalue weighted by atomic mass is 32.2. The van der Waals surface area contributed by atoms with Gasteiger partial charge in [0, 0.05) is 11.4 Å². The van der Waals surface area contributed by atoms with Crippen molar-refractivity contribution in [1.82, 2.24) is 4.98 Å². The van der Waals surface area contributed by atoms with Gasteiger partial charge in [-0.1, -0.05) is 17.8 Å². The zero-order valence-electron chi connectivity index (χ0n) is 15.9. The number of thiazole rings is 1. The standard InChI is InChI=1S/C21H17N3O3S3/c1-27-15-7-4-13(5-8-15)22-19(25)12-29-21-24-16-9-6-14(11-18(16)30-21)23-20(26)17-3-2-10-28-17/h2-11H,12H2,1H3,(H,22,25)(H,23,26). The molecule has 152 valence electrons. The first-order chi connectivity index (χ1) is 14.6. The summed E-state index contributed by atoms with van der Waals surface area (Å²) < 4.78 is 6.87. The molecular weight excluding hydrogens is 438 g/mol. The molecule has 0 saturated heterocycles. The number of amides is 2. The zero-order chi connectivity index (χ0) is 20.9. The van der Waals surface area contributed by atoms with E-state index >= 15 is 0 Å². The van der Waals surface area contributed by atoms with E-state index in [9.17, 15) is 9.59 Å². The number of ether oxygens (including phenoxy) is 1. The van der Waals surface area contributed by atoms with E-state index in [-0.39, 0.29) is 17.6 Å². The summed E-state index contributed by atoms with van der Waals surface area (Å²) in [5.41, 5.74) is 2.28. The lowest BCUT2D eigenvalue weighted by Crippen LogP contribution is -2.13. The minimum Gasteiger partial charge on any atom is -0.497 e. The average Bonchev–Trinajstić information content (AvgIpc) is 3.42. The Morgan fingerprint density at radius 2 is 1.87 bits per heavy atom. The quantitative estimate of drug-likeness (QED) is 0.367. The molecule has 0 atom stereocenters. The van der Waals surface area contributed by atoms with Crippen LogP contribution in [0.25, 0.3) is 10.2 Å². The molecule has 0 radical (unpaired) electrons. The topological polar surface area (TPSA) is 80.3 Å². The summed E-state index contributed by atoms with van der Waals surface area (Å²) in [6.45, 7) is 0. The molecule has 6 nitrogen and oxygen atoms in total. The van der Waals surface area contributed by atoms with E-state index in [2.05, 4.69) is 15.6 Å². The van der Waals surface area contributed by atoms with Gasteiger partial charge in [-0.05, 0) is 53.9 Å². The fourth-order valence-electron chi connectivity index (χ4n) is 2.64. The summed E-state index contributed by atoms with van der Waals surface area (Å²) >= 11 is 4.28. The largest absolute Gasteiger partial charge is 0.497 e. The lowest BCUT2D eigenvalue weighted by Gasteiger charge is -2.05. The molecule has 9 heteroatoms. The summed E-state index contributed by atoms with van der Waals surface area (Å²) in [6.07, 6.45) is 0. The van der Waals surface area contributed by atoms with Crippen molar-refractivity contribution in [3.8, 4) is 5.75 Å². The van der Waals surface area contributed by atoms with Crippen molar-refractivity contribution in [1.29, 1.82) is 0 Å². The molecule has 4 rings (SSSR count). The Kier molecular flexibility index (Phi) is 6.32. The molecule has 0 fully saturated rings. The van der Waals surface area contributed by atoms with E-state index in [4.69, 9.17) is 4.74 Å². The molecule has 0 bridgehead atoms. The first-order valence-electron chi connectivity index (χ1n) is 8.93. The summed E-state index contributed by atoms with van der Waals surface area (Å²) in [4.78, 5) is 29.6. The number of thioether (sulfide) groups is 1. The van der Waals surface area contributed by atoms with Gasteiger partial charge >= 0.3 is 0 Å². The number of methoxy groups -OCH3 is 1. The highest BCUT2D eigenvalue weighted by Gasteiger charge is 2.11. The van der Waals surface area contributed by atoms with E-state index in [1.807, 2.05) is 29.6 Å². The van der Waals surface area contributed by atoms with Gasteiger partial charge in [0.25, 0.3) is 5.91 Å². The second-order valence-electron chi connectivity index (χ2n) is 6.16. The molecule has 2 aromatic carbocycles. The van der Waals surface area contributed by atoms with Crippen molar-refractivity contribution in [2.75, 3.05) is 23.5 Å². The summed E-state index contributed by atoms with van der Waals surface area (Å²) in [7, 11) is 1.60. The number of thiophene rings is 1. The summed E-state index contributed by atoms with van der Waals surface area (Å²) in [6, 6.07) is 16.4. The third-order valence-electron chi connectivity index (χ3n) is 4.07. The smallest absolute Gasteiger partial charge is 0.265 e. The van der Waals surface area contributed by atoms with Crippen LogP contribution < -0.4 is 15.4 Å². The molecule has 2 N–H and O–H groups in total. The Morgan fingerprint density at radius 3 is 2.60 bits per heavy atom. The molecule has 2 amide bonds. The van der Waals surface area contributed by atoms with E-state index in [1.165, 1.54) is 34.4 Å². The maximum atomic E-state index is 12.2. The number of aromatic nitrogens is 1. The predicted octanol–water partition coefficient (Wildman–Crippen LogP) is 5.35. The van der Waals surface area contributed by atoms with Crippen LogP contribution in [0.2, 0.25) is 0 Å². The Labute approximate surface area is 185 Å². The summed E-state index contributed by atoms with van der Waals surface area (Å²) in [5.74, 6) is 0.767. The van der Waals surface area contributed by atoms with E-state index in [0.717, 1.165) is 31.7 Å². The Morgan fingerprint density at radius 1 is 1.07 bits per heavy atom. The number of nitrogens with one attached hydrogen (secondary N) is 2. The van der Waals surface area contributed by atoms with Crippen LogP contribution in [0, 0.1) is 0 Å². The van der Waals surface area contributed by atoms with Crippen LogP contribution >= 0.6 is 34.4 Å². The van der Waals surface area contributed by atoms with E-state index in [1.54, 1.807) is 37.4 Å². The maximum absolute atomic E-state index is 12.2. The molecule has 0 saturated carbocycles. The number of hydrogen-bond acceptors (Lipinski definition) is 7. The van der Waals surface area contributed by atoms with Gasteiger partial charge in [0.2, 0.25) is 5.91 Å². The molecule has 0 spiro atoms. The number of rotatable bonds is 7. The number of benzene rings is 2. The highest BCUT2D eigenvalue weighted by Crippen LogP contribution is 2.31. The third-order valence-corrected chi connectivity index (χ3v) is 7.10. The van der Waals surface area contributed by atoms with Crippen molar-refractivity contribution in [3.05, 3.63) is 64.9 Å². The highest BCUT2D eigenvalue weighted by molar-refractivity contribution is 8.01. The normalized spacial score (nSPS) is 10.7. The zero-order valence-corrected chi connectivity index (χ0v) is 18.3. The number of fused-ring (bicyclic) bond motifs is 1. The Bertz CT molecular complexity index is 1170. The SMILES string of the molecule is COc1ccc(NC(=O)CSc2nc3ccc(NC(=O)c4cccs4)cc3s2)cc1. The second kappa shape index (κ2) is 9.29. The van der Waals surface area contributed by atoms with Gasteiger partial charge in [0.15, 0.2) is 4.34 Å². The summed E-state index contributed by atoms with van der Waals surface area (Å²) in [5, 5.41) is 7.63. The minimum absolute atomic E-state index is 0.103. The van der Waals surface area contributed by atoms with Crippen LogP contribution in [0.5, 0.6) is 5.75 Å². The van der Waals surface area contributed by atoms with Gasteiger partial charge < -0.3 is 15.4 Å². The average molecular weight is 456 g/mol. The number of anilines is 2. The molecule has 2 aromatic heterocycles. The van der Waals surface area contributed by atoms with Gasteiger partial charge in [-0.15, -0.1) is 22.7 Å². The first kappa shape index (κ1) is 20.4.